The van der Waals surface area contributed by atoms with Gasteiger partial charge in [-0.2, -0.15) is 4.37 Å². The Hall–Kier alpha value is -0.810. The summed E-state index contributed by atoms with van der Waals surface area (Å²) in [7, 11) is 0. The monoisotopic (exact) mass is 240 g/mol. The van der Waals surface area contributed by atoms with Crippen molar-refractivity contribution in [3.05, 3.63) is 5.56 Å². The van der Waals surface area contributed by atoms with Crippen molar-refractivity contribution in [2.24, 2.45) is 5.92 Å². The zero-order chi connectivity index (χ0) is 11.5. The van der Waals surface area contributed by atoms with Crippen LogP contribution in [0.1, 0.15) is 18.9 Å². The Labute approximate surface area is 101 Å². The summed E-state index contributed by atoms with van der Waals surface area (Å²) in [6.45, 7) is 8.92. The van der Waals surface area contributed by atoms with Gasteiger partial charge in [-0.3, -0.25) is 0 Å². The van der Waals surface area contributed by atoms with Gasteiger partial charge in [0.15, 0.2) is 0 Å². The molecule has 90 valence electrons. The van der Waals surface area contributed by atoms with Crippen LogP contribution in [0, 0.1) is 12.8 Å². The maximum atomic E-state index is 5.72. The van der Waals surface area contributed by atoms with E-state index in [2.05, 4.69) is 21.5 Å². The average Bonchev–Trinajstić information content (AvgIpc) is 2.86. The number of rotatable bonds is 4. The van der Waals surface area contributed by atoms with Gasteiger partial charge in [0.05, 0.1) is 0 Å². The highest BCUT2D eigenvalue weighted by molar-refractivity contribution is 7.10. The van der Waals surface area contributed by atoms with Gasteiger partial charge in [-0.1, -0.05) is 6.92 Å². The molecule has 1 aromatic rings. The quantitative estimate of drug-likeness (QED) is 0.842. The number of nitrogens with zero attached hydrogens (tertiary/aromatic N) is 2. The van der Waals surface area contributed by atoms with E-state index in [4.69, 9.17) is 5.73 Å². The molecule has 16 heavy (non-hydrogen) atoms. The molecule has 3 N–H and O–H groups in total. The van der Waals surface area contributed by atoms with E-state index in [1.54, 1.807) is 0 Å². The Bertz CT molecular complexity index is 350. The van der Waals surface area contributed by atoms with Crippen molar-refractivity contribution in [3.63, 3.8) is 0 Å². The topological polar surface area (TPSA) is 54.2 Å². The second-order valence-corrected chi connectivity index (χ2v) is 5.22. The molecule has 1 aliphatic rings. The zero-order valence-corrected chi connectivity index (χ0v) is 10.8. The maximum absolute atomic E-state index is 5.72. The lowest BCUT2D eigenvalue weighted by Crippen LogP contribution is -2.22. The summed E-state index contributed by atoms with van der Waals surface area (Å²) in [5.74, 6) is 1.43. The van der Waals surface area contributed by atoms with Crippen LogP contribution in [0.4, 0.5) is 10.8 Å². The molecule has 1 fully saturated rings. The van der Waals surface area contributed by atoms with Crippen molar-refractivity contribution < 1.29 is 0 Å². The van der Waals surface area contributed by atoms with Gasteiger partial charge in [0.2, 0.25) is 0 Å². The lowest BCUT2D eigenvalue weighted by molar-refractivity contribution is 0.345. The van der Waals surface area contributed by atoms with Crippen LogP contribution < -0.4 is 11.1 Å². The van der Waals surface area contributed by atoms with E-state index in [0.29, 0.717) is 5.82 Å². The molecule has 1 aliphatic heterocycles. The van der Waals surface area contributed by atoms with E-state index in [-0.39, 0.29) is 0 Å². The van der Waals surface area contributed by atoms with Crippen LogP contribution in [0.2, 0.25) is 0 Å². The van der Waals surface area contributed by atoms with Crippen molar-refractivity contribution in [2.75, 3.05) is 37.2 Å². The van der Waals surface area contributed by atoms with Crippen LogP contribution in [-0.4, -0.2) is 35.5 Å². The van der Waals surface area contributed by atoms with Crippen molar-refractivity contribution in [2.45, 2.75) is 20.3 Å². The Morgan fingerprint density at radius 1 is 1.62 bits per heavy atom. The molecule has 0 aliphatic carbocycles. The predicted octanol–water partition coefficient (Wildman–Crippen LogP) is 1.79. The lowest BCUT2D eigenvalue weighted by atomic mass is 10.1. The third kappa shape index (κ3) is 2.47. The number of hydrogen-bond acceptors (Lipinski definition) is 5. The van der Waals surface area contributed by atoms with Crippen molar-refractivity contribution in [1.82, 2.24) is 9.27 Å². The molecular weight excluding hydrogens is 220 g/mol. The Morgan fingerprint density at radius 2 is 2.44 bits per heavy atom. The summed E-state index contributed by atoms with van der Waals surface area (Å²) in [6.07, 6.45) is 1.30. The highest BCUT2D eigenvalue weighted by Gasteiger charge is 2.21. The molecule has 1 atom stereocenters. The number of anilines is 2. The molecule has 0 aromatic carbocycles. The summed E-state index contributed by atoms with van der Waals surface area (Å²) < 4.78 is 4.14. The van der Waals surface area contributed by atoms with E-state index in [0.717, 1.165) is 23.0 Å². The molecule has 1 aromatic heterocycles. The van der Waals surface area contributed by atoms with Crippen molar-refractivity contribution in [1.29, 1.82) is 0 Å². The highest BCUT2D eigenvalue weighted by atomic mass is 32.1. The fraction of sp³-hybridized carbons (Fsp3) is 0.727. The van der Waals surface area contributed by atoms with Crippen LogP contribution in [-0.2, 0) is 0 Å². The van der Waals surface area contributed by atoms with Gasteiger partial charge in [0, 0.05) is 18.7 Å². The molecule has 0 spiro atoms. The molecule has 4 nitrogen and oxygen atoms in total. The number of nitrogen functional groups attached to an aromatic ring is 1. The first-order valence-corrected chi connectivity index (χ1v) is 6.66. The van der Waals surface area contributed by atoms with E-state index in [9.17, 15) is 0 Å². The first kappa shape index (κ1) is 11.7. The highest BCUT2D eigenvalue weighted by Crippen LogP contribution is 2.26. The number of nitrogens with one attached hydrogen (secondary N) is 1. The first-order valence-electron chi connectivity index (χ1n) is 5.88. The standard InChI is InChI=1S/C11H20N4S/c1-3-15-5-4-9(7-15)6-13-11-8(2)10(12)14-16-11/h9,13H,3-7H2,1-2H3,(H2,12,14). The van der Waals surface area contributed by atoms with Crippen LogP contribution in [0.5, 0.6) is 0 Å². The molecule has 0 radical (unpaired) electrons. The van der Waals surface area contributed by atoms with Crippen LogP contribution in [0.25, 0.3) is 0 Å². The normalized spacial score (nSPS) is 21.5. The Kier molecular flexibility index (Phi) is 3.66. The number of likely N-dealkylation sites (tertiary alicyclic amines) is 1. The number of hydrogen-bond donors (Lipinski definition) is 2. The van der Waals surface area contributed by atoms with E-state index in [1.165, 1.54) is 37.6 Å². The first-order chi connectivity index (χ1) is 7.70. The molecule has 0 saturated carbocycles. The predicted molar refractivity (Wildman–Crippen MR) is 70.0 cm³/mol. The summed E-state index contributed by atoms with van der Waals surface area (Å²) in [4.78, 5) is 2.50. The van der Waals surface area contributed by atoms with Gasteiger partial charge in [0.1, 0.15) is 10.8 Å². The number of nitrogens with two attached hydrogens (primary N) is 1. The van der Waals surface area contributed by atoms with Gasteiger partial charge in [0.25, 0.3) is 0 Å². The average molecular weight is 240 g/mol. The smallest absolute Gasteiger partial charge is 0.142 e. The second kappa shape index (κ2) is 5.01. The van der Waals surface area contributed by atoms with Gasteiger partial charge >= 0.3 is 0 Å². The van der Waals surface area contributed by atoms with Gasteiger partial charge in [-0.25, -0.2) is 0 Å². The number of aromatic nitrogens is 1. The molecule has 5 heteroatoms. The lowest BCUT2D eigenvalue weighted by Gasteiger charge is -2.13. The minimum absolute atomic E-state index is 0.661. The summed E-state index contributed by atoms with van der Waals surface area (Å²) in [5, 5.41) is 4.60. The Balaban J connectivity index is 1.82. The molecule has 0 amide bonds. The van der Waals surface area contributed by atoms with E-state index in [1.807, 2.05) is 6.92 Å². The van der Waals surface area contributed by atoms with Gasteiger partial charge < -0.3 is 16.0 Å². The van der Waals surface area contributed by atoms with Crippen LogP contribution in [0.15, 0.2) is 0 Å². The fourth-order valence-electron chi connectivity index (χ4n) is 2.12. The van der Waals surface area contributed by atoms with Crippen LogP contribution >= 0.6 is 11.5 Å². The molecular formula is C11H20N4S. The fourth-order valence-corrected chi connectivity index (χ4v) is 2.83. The summed E-state index contributed by atoms with van der Waals surface area (Å²) >= 11 is 1.47. The van der Waals surface area contributed by atoms with Crippen molar-refractivity contribution >= 4 is 22.4 Å². The third-order valence-corrected chi connectivity index (χ3v) is 4.25. The minimum atomic E-state index is 0.661. The maximum Gasteiger partial charge on any atom is 0.142 e. The second-order valence-electron chi connectivity index (χ2n) is 4.45. The van der Waals surface area contributed by atoms with Gasteiger partial charge in [-0.15, -0.1) is 0 Å². The van der Waals surface area contributed by atoms with Crippen molar-refractivity contribution in [3.8, 4) is 0 Å². The summed E-state index contributed by atoms with van der Waals surface area (Å²) in [5.41, 5.74) is 6.81. The van der Waals surface area contributed by atoms with E-state index < -0.39 is 0 Å². The molecule has 0 bridgehead atoms. The SMILES string of the molecule is CCN1CCC(CNc2snc(N)c2C)C1. The van der Waals surface area contributed by atoms with E-state index >= 15 is 0 Å². The molecule has 1 unspecified atom stereocenters. The van der Waals surface area contributed by atoms with Gasteiger partial charge in [-0.05, 0) is 43.9 Å². The zero-order valence-electron chi connectivity index (χ0n) is 9.99. The Morgan fingerprint density at radius 3 is 3.00 bits per heavy atom. The van der Waals surface area contributed by atoms with Crippen LogP contribution in [0.3, 0.4) is 0 Å². The molecule has 1 saturated heterocycles. The minimum Gasteiger partial charge on any atom is -0.383 e. The molecule has 2 rings (SSSR count). The third-order valence-electron chi connectivity index (χ3n) is 3.33. The largest absolute Gasteiger partial charge is 0.383 e. The summed E-state index contributed by atoms with van der Waals surface area (Å²) in [6, 6.07) is 0. The molecule has 2 heterocycles.